The zero-order valence-electron chi connectivity index (χ0n) is 12.4. The fraction of sp³-hybridized carbons (Fsp3) is 0.923. The first-order valence-electron chi connectivity index (χ1n) is 6.84. The third kappa shape index (κ3) is 6.33. The van der Waals surface area contributed by atoms with Crippen LogP contribution in [0.5, 0.6) is 0 Å². The van der Waals surface area contributed by atoms with E-state index in [4.69, 9.17) is 0 Å². The predicted octanol–water partition coefficient (Wildman–Crippen LogP) is 0.146. The number of aliphatic hydroxyl groups is 1. The molecule has 0 aromatic heterocycles. The molecule has 2 atom stereocenters. The van der Waals surface area contributed by atoms with E-state index in [1.165, 1.54) is 0 Å². The van der Waals surface area contributed by atoms with Crippen molar-refractivity contribution in [1.82, 2.24) is 15.1 Å². The topological polar surface area (TPSA) is 55.8 Å². The minimum absolute atomic E-state index is 0.0625. The molecule has 2 unspecified atom stereocenters. The summed E-state index contributed by atoms with van der Waals surface area (Å²) in [4.78, 5) is 15.6. The van der Waals surface area contributed by atoms with Crippen molar-refractivity contribution in [1.29, 1.82) is 0 Å². The molecule has 0 saturated heterocycles. The number of hydrogen-bond acceptors (Lipinski definition) is 4. The minimum atomic E-state index is -0.438. The van der Waals surface area contributed by atoms with Crippen LogP contribution in [0.3, 0.4) is 0 Å². The van der Waals surface area contributed by atoms with Gasteiger partial charge in [0.15, 0.2) is 0 Å². The van der Waals surface area contributed by atoms with Crippen molar-refractivity contribution >= 4 is 5.91 Å². The molecule has 2 N–H and O–H groups in total. The monoisotopic (exact) mass is 259 g/mol. The molecule has 0 saturated carbocycles. The molecule has 5 heteroatoms. The van der Waals surface area contributed by atoms with Crippen molar-refractivity contribution in [2.75, 3.05) is 39.8 Å². The van der Waals surface area contributed by atoms with Gasteiger partial charge in [0.2, 0.25) is 5.91 Å². The van der Waals surface area contributed by atoms with Crippen LogP contribution in [0, 0.1) is 0 Å². The van der Waals surface area contributed by atoms with E-state index in [9.17, 15) is 9.90 Å². The normalized spacial score (nSPS) is 14.6. The molecular weight excluding hydrogens is 230 g/mol. The molecule has 0 aromatic carbocycles. The van der Waals surface area contributed by atoms with Gasteiger partial charge in [-0.25, -0.2) is 0 Å². The highest BCUT2D eigenvalue weighted by molar-refractivity contribution is 5.81. The predicted molar refractivity (Wildman–Crippen MR) is 74.6 cm³/mol. The van der Waals surface area contributed by atoms with Crippen LogP contribution in [0.1, 0.15) is 27.7 Å². The Morgan fingerprint density at radius 1 is 1.22 bits per heavy atom. The van der Waals surface area contributed by atoms with Crippen molar-refractivity contribution in [3.63, 3.8) is 0 Å². The molecule has 0 bridgehead atoms. The second-order valence-electron chi connectivity index (χ2n) is 4.62. The van der Waals surface area contributed by atoms with Crippen LogP contribution >= 0.6 is 0 Å². The molecule has 0 heterocycles. The summed E-state index contributed by atoms with van der Waals surface area (Å²) in [5.41, 5.74) is 0. The lowest BCUT2D eigenvalue weighted by atomic mass is 10.2. The average Bonchev–Trinajstić information content (AvgIpc) is 2.40. The SMILES string of the molecule is CCN(CC)CC(O)CNC(C)C(=O)N(C)CC. The maximum atomic E-state index is 11.8. The van der Waals surface area contributed by atoms with Gasteiger partial charge >= 0.3 is 0 Å². The van der Waals surface area contributed by atoms with Gasteiger partial charge in [-0.1, -0.05) is 13.8 Å². The number of nitrogens with one attached hydrogen (secondary N) is 1. The van der Waals surface area contributed by atoms with E-state index in [1.54, 1.807) is 11.9 Å². The molecule has 108 valence electrons. The molecule has 0 aliphatic rings. The Hall–Kier alpha value is -0.650. The highest BCUT2D eigenvalue weighted by atomic mass is 16.3. The number of hydrogen-bond donors (Lipinski definition) is 2. The van der Waals surface area contributed by atoms with E-state index in [-0.39, 0.29) is 11.9 Å². The number of rotatable bonds is 9. The van der Waals surface area contributed by atoms with Gasteiger partial charge in [0, 0.05) is 26.7 Å². The summed E-state index contributed by atoms with van der Waals surface area (Å²) in [6, 6.07) is -0.249. The lowest BCUT2D eigenvalue weighted by Crippen LogP contribution is -2.47. The highest BCUT2D eigenvalue weighted by Gasteiger charge is 2.17. The fourth-order valence-corrected chi connectivity index (χ4v) is 1.73. The van der Waals surface area contributed by atoms with E-state index in [1.807, 2.05) is 13.8 Å². The van der Waals surface area contributed by atoms with Gasteiger partial charge in [-0.05, 0) is 26.9 Å². The first kappa shape index (κ1) is 17.4. The van der Waals surface area contributed by atoms with Gasteiger partial charge in [-0.2, -0.15) is 0 Å². The lowest BCUT2D eigenvalue weighted by Gasteiger charge is -2.24. The molecule has 0 aromatic rings. The Morgan fingerprint density at radius 2 is 1.78 bits per heavy atom. The summed E-state index contributed by atoms with van der Waals surface area (Å²) >= 11 is 0. The maximum Gasteiger partial charge on any atom is 0.239 e. The summed E-state index contributed by atoms with van der Waals surface area (Å²) in [6.07, 6.45) is -0.438. The third-order valence-electron chi connectivity index (χ3n) is 3.24. The summed E-state index contributed by atoms with van der Waals surface area (Å²) in [5.74, 6) is 0.0625. The number of likely N-dealkylation sites (N-methyl/N-ethyl adjacent to an activating group) is 2. The molecule has 1 amide bonds. The smallest absolute Gasteiger partial charge is 0.239 e. The van der Waals surface area contributed by atoms with Gasteiger partial charge in [-0.3, -0.25) is 4.79 Å². The largest absolute Gasteiger partial charge is 0.390 e. The van der Waals surface area contributed by atoms with Crippen molar-refractivity contribution in [2.24, 2.45) is 0 Å². The number of carbonyl (C=O) groups is 1. The summed E-state index contributed by atoms with van der Waals surface area (Å²) in [7, 11) is 1.78. The average molecular weight is 259 g/mol. The van der Waals surface area contributed by atoms with E-state index < -0.39 is 6.10 Å². The molecular formula is C13H29N3O2. The molecule has 0 radical (unpaired) electrons. The number of carbonyl (C=O) groups excluding carboxylic acids is 1. The van der Waals surface area contributed by atoms with Crippen LogP contribution in [-0.2, 0) is 4.79 Å². The van der Waals surface area contributed by atoms with Gasteiger partial charge in [0.1, 0.15) is 0 Å². The quantitative estimate of drug-likeness (QED) is 0.619. The van der Waals surface area contributed by atoms with Gasteiger partial charge < -0.3 is 20.2 Å². The Balaban J connectivity index is 3.97. The standard InChI is InChI=1S/C13H29N3O2/c1-6-15(5)13(18)11(4)14-9-12(17)10-16(7-2)8-3/h11-12,14,17H,6-10H2,1-5H3. The third-order valence-corrected chi connectivity index (χ3v) is 3.24. The fourth-order valence-electron chi connectivity index (χ4n) is 1.73. The number of nitrogens with zero attached hydrogens (tertiary/aromatic N) is 2. The van der Waals surface area contributed by atoms with Crippen LogP contribution in [0.15, 0.2) is 0 Å². The lowest BCUT2D eigenvalue weighted by molar-refractivity contribution is -0.131. The summed E-state index contributed by atoms with van der Waals surface area (Å²) in [6.45, 7) is 11.6. The van der Waals surface area contributed by atoms with E-state index >= 15 is 0 Å². The molecule has 18 heavy (non-hydrogen) atoms. The second kappa shape index (κ2) is 9.30. The molecule has 5 nitrogen and oxygen atoms in total. The van der Waals surface area contributed by atoms with E-state index in [0.29, 0.717) is 19.6 Å². The summed E-state index contributed by atoms with van der Waals surface area (Å²) < 4.78 is 0. The summed E-state index contributed by atoms with van der Waals surface area (Å²) in [5, 5.41) is 13.0. The maximum absolute atomic E-state index is 11.8. The van der Waals surface area contributed by atoms with Gasteiger partial charge in [0.05, 0.1) is 12.1 Å². The molecule has 0 aliphatic carbocycles. The Bertz CT molecular complexity index is 232. The number of aliphatic hydroxyl groups excluding tert-OH is 1. The van der Waals surface area contributed by atoms with Crippen LogP contribution in [0.25, 0.3) is 0 Å². The molecule has 0 aliphatic heterocycles. The first-order valence-corrected chi connectivity index (χ1v) is 6.84. The van der Waals surface area contributed by atoms with E-state index in [0.717, 1.165) is 13.1 Å². The zero-order valence-corrected chi connectivity index (χ0v) is 12.4. The number of amides is 1. The van der Waals surface area contributed by atoms with E-state index in [2.05, 4.69) is 24.1 Å². The van der Waals surface area contributed by atoms with Crippen molar-refractivity contribution in [3.05, 3.63) is 0 Å². The Morgan fingerprint density at radius 3 is 2.22 bits per heavy atom. The highest BCUT2D eigenvalue weighted by Crippen LogP contribution is 1.94. The molecule has 0 rings (SSSR count). The Labute approximate surface area is 111 Å². The van der Waals surface area contributed by atoms with Crippen molar-refractivity contribution in [2.45, 2.75) is 39.8 Å². The second-order valence-corrected chi connectivity index (χ2v) is 4.62. The first-order chi connectivity index (χ1) is 8.46. The minimum Gasteiger partial charge on any atom is -0.390 e. The van der Waals surface area contributed by atoms with Crippen LogP contribution in [0.4, 0.5) is 0 Å². The van der Waals surface area contributed by atoms with Gasteiger partial charge in [0.25, 0.3) is 0 Å². The molecule has 0 fully saturated rings. The van der Waals surface area contributed by atoms with Crippen molar-refractivity contribution < 1.29 is 9.90 Å². The van der Waals surface area contributed by atoms with Crippen LogP contribution < -0.4 is 5.32 Å². The van der Waals surface area contributed by atoms with Crippen molar-refractivity contribution in [3.8, 4) is 0 Å². The van der Waals surface area contributed by atoms with Crippen LogP contribution in [-0.4, -0.2) is 72.7 Å². The zero-order chi connectivity index (χ0) is 14.1. The van der Waals surface area contributed by atoms with Crippen LogP contribution in [0.2, 0.25) is 0 Å². The molecule has 0 spiro atoms. The van der Waals surface area contributed by atoms with Gasteiger partial charge in [-0.15, -0.1) is 0 Å². The Kier molecular flexibility index (Phi) is 8.97.